The van der Waals surface area contributed by atoms with Crippen LogP contribution in [0.25, 0.3) is 0 Å². The van der Waals surface area contributed by atoms with Gasteiger partial charge in [-0.1, -0.05) is 0 Å². The van der Waals surface area contributed by atoms with Crippen LogP contribution in [0.3, 0.4) is 0 Å². The second kappa shape index (κ2) is 6.33. The number of thiazole rings is 1. The minimum atomic E-state index is -0.319. The lowest BCUT2D eigenvalue weighted by Crippen LogP contribution is -2.36. The van der Waals surface area contributed by atoms with Gasteiger partial charge in [-0.15, -0.1) is 11.3 Å². The van der Waals surface area contributed by atoms with Gasteiger partial charge in [0, 0.05) is 11.1 Å². The van der Waals surface area contributed by atoms with Gasteiger partial charge in [-0.3, -0.25) is 9.59 Å². The molecule has 0 aliphatic rings. The number of hydrogen-bond donors (Lipinski definition) is 2. The van der Waals surface area contributed by atoms with Crippen LogP contribution >= 0.6 is 11.3 Å². The van der Waals surface area contributed by atoms with Crippen molar-refractivity contribution in [2.24, 2.45) is 0 Å². The average Bonchev–Trinajstić information content (AvgIpc) is 3.02. The van der Waals surface area contributed by atoms with E-state index in [1.54, 1.807) is 19.2 Å². The predicted octanol–water partition coefficient (Wildman–Crippen LogP) is 1.40. The molecule has 2 aromatic heterocycles. The molecule has 0 radical (unpaired) electrons. The molecular formula is C13H15N3O3S. The van der Waals surface area contributed by atoms with E-state index in [4.69, 9.17) is 4.42 Å². The lowest BCUT2D eigenvalue weighted by atomic mass is 10.2. The molecule has 106 valence electrons. The van der Waals surface area contributed by atoms with Crippen molar-refractivity contribution in [3.8, 4) is 0 Å². The molecule has 0 saturated heterocycles. The molecule has 0 spiro atoms. The first-order valence-corrected chi connectivity index (χ1v) is 6.88. The van der Waals surface area contributed by atoms with Gasteiger partial charge in [0.25, 0.3) is 5.91 Å². The van der Waals surface area contributed by atoms with Crippen LogP contribution in [0.1, 0.15) is 26.0 Å². The highest BCUT2D eigenvalue weighted by atomic mass is 32.1. The summed E-state index contributed by atoms with van der Waals surface area (Å²) in [4.78, 5) is 28.4. The monoisotopic (exact) mass is 293 g/mol. The minimum Gasteiger partial charge on any atom is -0.469 e. The van der Waals surface area contributed by atoms with Gasteiger partial charge in [-0.2, -0.15) is 0 Å². The van der Waals surface area contributed by atoms with Crippen LogP contribution in [-0.2, 0) is 11.3 Å². The van der Waals surface area contributed by atoms with E-state index in [0.717, 1.165) is 9.88 Å². The van der Waals surface area contributed by atoms with E-state index in [1.165, 1.54) is 17.6 Å². The Morgan fingerprint density at radius 2 is 2.15 bits per heavy atom. The zero-order valence-electron chi connectivity index (χ0n) is 11.2. The highest BCUT2D eigenvalue weighted by Gasteiger charge is 2.12. The smallest absolute Gasteiger partial charge is 0.255 e. The molecule has 0 bridgehead atoms. The third-order valence-electron chi connectivity index (χ3n) is 2.64. The predicted molar refractivity (Wildman–Crippen MR) is 74.5 cm³/mol. The van der Waals surface area contributed by atoms with E-state index in [2.05, 4.69) is 15.6 Å². The third-order valence-corrected chi connectivity index (χ3v) is 3.55. The molecule has 2 N–H and O–H groups in total. The van der Waals surface area contributed by atoms with Gasteiger partial charge in [-0.25, -0.2) is 4.98 Å². The normalized spacial score (nSPS) is 10.3. The fourth-order valence-corrected chi connectivity index (χ4v) is 2.35. The van der Waals surface area contributed by atoms with Gasteiger partial charge >= 0.3 is 0 Å². The molecule has 0 aromatic carbocycles. The number of carbonyl (C=O) groups is 2. The van der Waals surface area contributed by atoms with Crippen molar-refractivity contribution in [2.45, 2.75) is 20.4 Å². The quantitative estimate of drug-likeness (QED) is 0.872. The Hall–Kier alpha value is -2.15. The number of carbonyl (C=O) groups excluding carboxylic acids is 2. The van der Waals surface area contributed by atoms with Gasteiger partial charge in [0.05, 0.1) is 29.9 Å². The molecule has 0 saturated carbocycles. The SMILES string of the molecule is Cc1ncc(CNC(=O)CNC(=O)c2ccoc2C)s1. The first-order valence-electron chi connectivity index (χ1n) is 6.06. The maximum absolute atomic E-state index is 11.7. The minimum absolute atomic E-state index is 0.0682. The zero-order chi connectivity index (χ0) is 14.5. The van der Waals surface area contributed by atoms with Crippen molar-refractivity contribution in [1.29, 1.82) is 0 Å². The van der Waals surface area contributed by atoms with Crippen molar-refractivity contribution >= 4 is 23.2 Å². The highest BCUT2D eigenvalue weighted by Crippen LogP contribution is 2.10. The Kier molecular flexibility index (Phi) is 4.52. The number of nitrogens with one attached hydrogen (secondary N) is 2. The van der Waals surface area contributed by atoms with Crippen LogP contribution in [0.5, 0.6) is 0 Å². The lowest BCUT2D eigenvalue weighted by molar-refractivity contribution is -0.120. The average molecular weight is 293 g/mol. The molecule has 6 nitrogen and oxygen atoms in total. The standard InChI is InChI=1S/C13H15N3O3S/c1-8-11(3-4-19-8)13(18)16-7-12(17)15-6-10-5-14-9(2)20-10/h3-5H,6-7H2,1-2H3,(H,15,17)(H,16,18). The summed E-state index contributed by atoms with van der Waals surface area (Å²) >= 11 is 1.53. The Labute approximate surface area is 120 Å². The third kappa shape index (κ3) is 3.67. The molecule has 2 amide bonds. The van der Waals surface area contributed by atoms with E-state index in [9.17, 15) is 9.59 Å². The summed E-state index contributed by atoms with van der Waals surface area (Å²) in [7, 11) is 0. The molecule has 7 heteroatoms. The summed E-state index contributed by atoms with van der Waals surface area (Å²) < 4.78 is 5.03. The fraction of sp³-hybridized carbons (Fsp3) is 0.308. The Balaban J connectivity index is 1.75. The molecule has 0 aliphatic heterocycles. The fourth-order valence-electron chi connectivity index (χ4n) is 1.61. The number of aryl methyl sites for hydroxylation is 2. The summed E-state index contributed by atoms with van der Waals surface area (Å²) in [5.74, 6) is -0.0337. The van der Waals surface area contributed by atoms with Gasteiger partial charge in [0.1, 0.15) is 5.76 Å². The zero-order valence-corrected chi connectivity index (χ0v) is 12.0. The van der Waals surface area contributed by atoms with Crippen LogP contribution in [-0.4, -0.2) is 23.3 Å². The Morgan fingerprint density at radius 1 is 1.35 bits per heavy atom. The van der Waals surface area contributed by atoms with Crippen molar-refractivity contribution in [3.05, 3.63) is 39.7 Å². The van der Waals surface area contributed by atoms with E-state index < -0.39 is 0 Å². The van der Waals surface area contributed by atoms with Crippen molar-refractivity contribution in [2.75, 3.05) is 6.54 Å². The molecule has 0 fully saturated rings. The summed E-state index contributed by atoms with van der Waals surface area (Å²) in [6.45, 7) is 3.96. The van der Waals surface area contributed by atoms with Gasteiger partial charge < -0.3 is 15.1 Å². The van der Waals surface area contributed by atoms with E-state index in [0.29, 0.717) is 17.9 Å². The number of aromatic nitrogens is 1. The molecule has 0 unspecified atom stereocenters. The maximum atomic E-state index is 11.7. The number of hydrogen-bond acceptors (Lipinski definition) is 5. The van der Waals surface area contributed by atoms with Crippen LogP contribution in [0.4, 0.5) is 0 Å². The number of furan rings is 1. The molecule has 0 aliphatic carbocycles. The largest absolute Gasteiger partial charge is 0.469 e. The van der Waals surface area contributed by atoms with Crippen LogP contribution in [0.15, 0.2) is 22.9 Å². The summed E-state index contributed by atoms with van der Waals surface area (Å²) in [5, 5.41) is 6.22. The van der Waals surface area contributed by atoms with E-state index in [1.807, 2.05) is 6.92 Å². The summed E-state index contributed by atoms with van der Waals surface area (Å²) in [6.07, 6.45) is 3.17. The van der Waals surface area contributed by atoms with E-state index in [-0.39, 0.29) is 18.4 Å². The van der Waals surface area contributed by atoms with Crippen molar-refractivity contribution in [3.63, 3.8) is 0 Å². The molecule has 20 heavy (non-hydrogen) atoms. The van der Waals surface area contributed by atoms with Gasteiger partial charge in [0.15, 0.2) is 0 Å². The summed E-state index contributed by atoms with van der Waals surface area (Å²) in [5.41, 5.74) is 0.441. The maximum Gasteiger partial charge on any atom is 0.255 e. The second-order valence-electron chi connectivity index (χ2n) is 4.20. The Bertz CT molecular complexity index is 618. The van der Waals surface area contributed by atoms with Crippen LogP contribution in [0, 0.1) is 13.8 Å². The second-order valence-corrected chi connectivity index (χ2v) is 5.51. The molecule has 2 aromatic rings. The molecule has 2 rings (SSSR count). The van der Waals surface area contributed by atoms with E-state index >= 15 is 0 Å². The van der Waals surface area contributed by atoms with Crippen molar-refractivity contribution < 1.29 is 14.0 Å². The van der Waals surface area contributed by atoms with Crippen LogP contribution < -0.4 is 10.6 Å². The first kappa shape index (κ1) is 14.3. The van der Waals surface area contributed by atoms with Crippen molar-refractivity contribution in [1.82, 2.24) is 15.6 Å². The number of amides is 2. The highest BCUT2D eigenvalue weighted by molar-refractivity contribution is 7.11. The lowest BCUT2D eigenvalue weighted by Gasteiger charge is -2.05. The van der Waals surface area contributed by atoms with Gasteiger partial charge in [-0.05, 0) is 19.9 Å². The topological polar surface area (TPSA) is 84.2 Å². The summed E-state index contributed by atoms with van der Waals surface area (Å²) in [6, 6.07) is 1.57. The number of rotatable bonds is 5. The molecular weight excluding hydrogens is 278 g/mol. The number of nitrogens with zero attached hydrogens (tertiary/aromatic N) is 1. The molecule has 0 atom stereocenters. The van der Waals surface area contributed by atoms with Crippen LogP contribution in [0.2, 0.25) is 0 Å². The first-order chi connectivity index (χ1) is 9.56. The Morgan fingerprint density at radius 3 is 2.75 bits per heavy atom. The molecule has 2 heterocycles. The van der Waals surface area contributed by atoms with Gasteiger partial charge in [0.2, 0.25) is 5.91 Å².